The fourth-order valence-corrected chi connectivity index (χ4v) is 2.63. The molecule has 0 spiro atoms. The van der Waals surface area contributed by atoms with Crippen LogP contribution < -0.4 is 5.73 Å². The Morgan fingerprint density at radius 1 is 1.50 bits per heavy atom. The summed E-state index contributed by atoms with van der Waals surface area (Å²) in [4.78, 5) is 12.9. The molecule has 0 aliphatic rings. The Morgan fingerprint density at radius 3 is 2.83 bits per heavy atom. The first-order valence-electron chi connectivity index (χ1n) is 6.50. The highest BCUT2D eigenvalue weighted by Crippen LogP contribution is 2.15. The van der Waals surface area contributed by atoms with Gasteiger partial charge in [0.05, 0.1) is 6.61 Å². The molecular formula is C14H23NO2S. The Hall–Kier alpha value is -0.870. The van der Waals surface area contributed by atoms with Crippen LogP contribution in [-0.4, -0.2) is 19.1 Å². The van der Waals surface area contributed by atoms with E-state index in [0.717, 1.165) is 12.8 Å². The van der Waals surface area contributed by atoms with Crippen molar-refractivity contribution in [1.29, 1.82) is 0 Å². The summed E-state index contributed by atoms with van der Waals surface area (Å²) in [7, 11) is 0. The molecule has 102 valence electrons. The van der Waals surface area contributed by atoms with Crippen molar-refractivity contribution in [1.82, 2.24) is 0 Å². The number of carbonyl (C=O) groups excluding carboxylic acids is 1. The van der Waals surface area contributed by atoms with E-state index in [0.29, 0.717) is 25.5 Å². The molecule has 1 heterocycles. The van der Waals surface area contributed by atoms with Gasteiger partial charge in [0.2, 0.25) is 0 Å². The Labute approximate surface area is 113 Å². The van der Waals surface area contributed by atoms with Gasteiger partial charge >= 0.3 is 5.97 Å². The maximum absolute atomic E-state index is 11.6. The molecule has 0 fully saturated rings. The van der Waals surface area contributed by atoms with Crippen molar-refractivity contribution in [2.75, 3.05) is 13.2 Å². The zero-order chi connectivity index (χ0) is 13.4. The molecule has 0 aliphatic carbocycles. The highest BCUT2D eigenvalue weighted by atomic mass is 32.1. The SMILES string of the molecule is CC(C)CC(CN)CC(=O)OCCc1cccs1. The van der Waals surface area contributed by atoms with E-state index in [9.17, 15) is 4.79 Å². The minimum Gasteiger partial charge on any atom is -0.465 e. The molecule has 0 saturated heterocycles. The Balaban J connectivity index is 2.19. The predicted molar refractivity (Wildman–Crippen MR) is 75.6 cm³/mol. The fourth-order valence-electron chi connectivity index (χ4n) is 1.94. The average Bonchev–Trinajstić information content (AvgIpc) is 2.80. The van der Waals surface area contributed by atoms with Gasteiger partial charge in [-0.25, -0.2) is 0 Å². The van der Waals surface area contributed by atoms with Crippen LogP contribution in [-0.2, 0) is 16.0 Å². The molecule has 1 aromatic rings. The molecule has 0 aromatic carbocycles. The van der Waals surface area contributed by atoms with Gasteiger partial charge < -0.3 is 10.5 Å². The molecule has 3 nitrogen and oxygen atoms in total. The quantitative estimate of drug-likeness (QED) is 0.738. The zero-order valence-corrected chi connectivity index (χ0v) is 12.0. The van der Waals surface area contributed by atoms with Gasteiger partial charge in [0, 0.05) is 17.7 Å². The Morgan fingerprint density at radius 2 is 2.28 bits per heavy atom. The van der Waals surface area contributed by atoms with Gasteiger partial charge in [0.15, 0.2) is 0 Å². The summed E-state index contributed by atoms with van der Waals surface area (Å²) in [5.74, 6) is 0.694. The summed E-state index contributed by atoms with van der Waals surface area (Å²) in [6, 6.07) is 4.06. The third-order valence-electron chi connectivity index (χ3n) is 2.79. The van der Waals surface area contributed by atoms with Crippen molar-refractivity contribution in [2.24, 2.45) is 17.6 Å². The maximum atomic E-state index is 11.6. The lowest BCUT2D eigenvalue weighted by molar-refractivity contribution is -0.144. The van der Waals surface area contributed by atoms with E-state index >= 15 is 0 Å². The summed E-state index contributed by atoms with van der Waals surface area (Å²) >= 11 is 1.69. The van der Waals surface area contributed by atoms with E-state index in [4.69, 9.17) is 10.5 Å². The van der Waals surface area contributed by atoms with Crippen LogP contribution in [0.2, 0.25) is 0 Å². The second kappa shape index (κ2) is 8.27. The van der Waals surface area contributed by atoms with E-state index < -0.39 is 0 Å². The highest BCUT2D eigenvalue weighted by Gasteiger charge is 2.14. The van der Waals surface area contributed by atoms with Gasteiger partial charge in [-0.1, -0.05) is 19.9 Å². The van der Waals surface area contributed by atoms with Crippen molar-refractivity contribution in [3.05, 3.63) is 22.4 Å². The summed E-state index contributed by atoms with van der Waals surface area (Å²) in [6.45, 7) is 5.31. The molecule has 1 unspecified atom stereocenters. The summed E-state index contributed by atoms with van der Waals surface area (Å²) in [6.07, 6.45) is 2.23. The Bertz CT molecular complexity index is 336. The number of carbonyl (C=O) groups is 1. The minimum atomic E-state index is -0.123. The predicted octanol–water partition coefficient (Wildman–Crippen LogP) is 2.84. The van der Waals surface area contributed by atoms with E-state index in [1.54, 1.807) is 11.3 Å². The van der Waals surface area contributed by atoms with Gasteiger partial charge in [0.1, 0.15) is 0 Å². The number of ether oxygens (including phenoxy) is 1. The maximum Gasteiger partial charge on any atom is 0.306 e. The summed E-state index contributed by atoms with van der Waals surface area (Å²) < 4.78 is 5.24. The molecule has 0 bridgehead atoms. The molecule has 4 heteroatoms. The van der Waals surface area contributed by atoms with Gasteiger partial charge in [-0.05, 0) is 36.2 Å². The average molecular weight is 269 g/mol. The van der Waals surface area contributed by atoms with Gasteiger partial charge in [0.25, 0.3) is 0 Å². The molecule has 0 saturated carbocycles. The van der Waals surface area contributed by atoms with E-state index in [1.165, 1.54) is 4.88 Å². The largest absolute Gasteiger partial charge is 0.465 e. The smallest absolute Gasteiger partial charge is 0.306 e. The van der Waals surface area contributed by atoms with Gasteiger partial charge in [-0.15, -0.1) is 11.3 Å². The number of thiophene rings is 1. The lowest BCUT2D eigenvalue weighted by atomic mass is 9.94. The van der Waals surface area contributed by atoms with Crippen molar-refractivity contribution in [3.8, 4) is 0 Å². The number of rotatable bonds is 8. The lowest BCUT2D eigenvalue weighted by Gasteiger charge is -2.16. The lowest BCUT2D eigenvalue weighted by Crippen LogP contribution is -2.21. The molecule has 18 heavy (non-hydrogen) atoms. The molecule has 0 radical (unpaired) electrons. The van der Waals surface area contributed by atoms with Crippen molar-refractivity contribution >= 4 is 17.3 Å². The molecule has 1 rings (SSSR count). The normalized spacial score (nSPS) is 12.7. The van der Waals surface area contributed by atoms with E-state index in [-0.39, 0.29) is 11.9 Å². The standard InChI is InChI=1S/C14H23NO2S/c1-11(2)8-12(10-15)9-14(16)17-6-5-13-4-3-7-18-13/h3-4,7,11-12H,5-6,8-10,15H2,1-2H3. The van der Waals surface area contributed by atoms with E-state index in [1.807, 2.05) is 11.4 Å². The van der Waals surface area contributed by atoms with Gasteiger partial charge in [-0.2, -0.15) is 0 Å². The first-order valence-corrected chi connectivity index (χ1v) is 7.37. The van der Waals surface area contributed by atoms with Crippen LogP contribution in [0.4, 0.5) is 0 Å². The number of hydrogen-bond donors (Lipinski definition) is 1. The first kappa shape index (κ1) is 15.2. The second-order valence-electron chi connectivity index (χ2n) is 4.99. The van der Waals surface area contributed by atoms with Crippen LogP contribution in [0.15, 0.2) is 17.5 Å². The fraction of sp³-hybridized carbons (Fsp3) is 0.643. The topological polar surface area (TPSA) is 52.3 Å². The van der Waals surface area contributed by atoms with Crippen LogP contribution >= 0.6 is 11.3 Å². The van der Waals surface area contributed by atoms with Crippen LogP contribution in [0.3, 0.4) is 0 Å². The van der Waals surface area contributed by atoms with Crippen LogP contribution in [0.1, 0.15) is 31.6 Å². The van der Waals surface area contributed by atoms with E-state index in [2.05, 4.69) is 19.9 Å². The number of esters is 1. The third kappa shape index (κ3) is 6.17. The monoisotopic (exact) mass is 269 g/mol. The minimum absolute atomic E-state index is 0.123. The van der Waals surface area contributed by atoms with Gasteiger partial charge in [-0.3, -0.25) is 4.79 Å². The molecular weight excluding hydrogens is 246 g/mol. The second-order valence-corrected chi connectivity index (χ2v) is 6.02. The molecule has 1 atom stereocenters. The van der Waals surface area contributed by atoms with Crippen molar-refractivity contribution < 1.29 is 9.53 Å². The van der Waals surface area contributed by atoms with Crippen molar-refractivity contribution in [2.45, 2.75) is 33.1 Å². The Kier molecular flexibility index (Phi) is 6.98. The van der Waals surface area contributed by atoms with Crippen molar-refractivity contribution in [3.63, 3.8) is 0 Å². The molecule has 0 aliphatic heterocycles. The zero-order valence-electron chi connectivity index (χ0n) is 11.2. The molecule has 2 N–H and O–H groups in total. The highest BCUT2D eigenvalue weighted by molar-refractivity contribution is 7.09. The van der Waals surface area contributed by atoms with Crippen LogP contribution in [0, 0.1) is 11.8 Å². The number of nitrogens with two attached hydrogens (primary N) is 1. The van der Waals surface area contributed by atoms with Crippen LogP contribution in [0.5, 0.6) is 0 Å². The first-order chi connectivity index (χ1) is 8.61. The molecule has 0 amide bonds. The summed E-state index contributed by atoms with van der Waals surface area (Å²) in [5.41, 5.74) is 5.67. The van der Waals surface area contributed by atoms with Crippen LogP contribution in [0.25, 0.3) is 0 Å². The third-order valence-corrected chi connectivity index (χ3v) is 3.72. The molecule has 1 aromatic heterocycles. The summed E-state index contributed by atoms with van der Waals surface area (Å²) in [5, 5.41) is 2.03. The number of hydrogen-bond acceptors (Lipinski definition) is 4.